The molecule has 0 amide bonds. The summed E-state index contributed by atoms with van der Waals surface area (Å²) < 4.78 is 2.05. The van der Waals surface area contributed by atoms with E-state index in [2.05, 4.69) is 79.6 Å². The van der Waals surface area contributed by atoms with E-state index in [1.54, 1.807) is 0 Å². The monoisotopic (exact) mass is 400 g/mol. The van der Waals surface area contributed by atoms with Gasteiger partial charge in [-0.3, -0.25) is 0 Å². The maximum atomic E-state index is 4.77. The Morgan fingerprint density at radius 1 is 0.857 bits per heavy atom. The fraction of sp³-hybridized carbons (Fsp3) is 0. The summed E-state index contributed by atoms with van der Waals surface area (Å²) in [5.41, 5.74) is 3.17. The molecule has 0 saturated heterocycles. The van der Waals surface area contributed by atoms with Crippen molar-refractivity contribution < 1.29 is 0 Å². The Hall–Kier alpha value is -1.65. The van der Waals surface area contributed by atoms with Crippen molar-refractivity contribution in [3.05, 3.63) is 69.1 Å². The van der Waals surface area contributed by atoms with Gasteiger partial charge < -0.3 is 5.32 Å². The summed E-state index contributed by atoms with van der Waals surface area (Å²) in [5, 5.41) is 5.82. The van der Waals surface area contributed by atoms with Gasteiger partial charge in [0.2, 0.25) is 0 Å². The number of nitrogens with one attached hydrogen (secondary N) is 1. The number of hydrogen-bond acceptors (Lipinski definition) is 2. The van der Waals surface area contributed by atoms with Crippen molar-refractivity contribution in [1.82, 2.24) is 0 Å². The minimum absolute atomic E-state index is 0.870. The summed E-state index contributed by atoms with van der Waals surface area (Å²) in [6, 6.07) is 18.6. The van der Waals surface area contributed by atoms with E-state index < -0.39 is 0 Å². The van der Waals surface area contributed by atoms with E-state index in [9.17, 15) is 0 Å². The van der Waals surface area contributed by atoms with Crippen molar-refractivity contribution in [2.45, 2.75) is 0 Å². The molecule has 4 rings (SSSR count). The third-order valence-corrected chi connectivity index (χ3v) is 5.44. The second kappa shape index (κ2) is 4.97. The van der Waals surface area contributed by atoms with Crippen LogP contribution in [-0.2, 0) is 0 Å². The zero-order valence-electron chi connectivity index (χ0n) is 10.9. The Morgan fingerprint density at radius 2 is 1.67 bits per heavy atom. The lowest BCUT2D eigenvalue weighted by molar-refractivity contribution is 1.45. The third-order valence-electron chi connectivity index (χ3n) is 3.56. The summed E-state index contributed by atoms with van der Waals surface area (Å²) in [5.74, 6) is 0.870. The average Bonchev–Trinajstić information content (AvgIpc) is 2.50. The van der Waals surface area contributed by atoms with Gasteiger partial charge in [0.15, 0.2) is 0 Å². The van der Waals surface area contributed by atoms with Crippen LogP contribution in [0, 0.1) is 0 Å². The van der Waals surface area contributed by atoms with E-state index in [1.165, 1.54) is 10.8 Å². The maximum Gasteiger partial charge on any atom is 0.138 e. The molecule has 0 fully saturated rings. The number of amidine groups is 1. The van der Waals surface area contributed by atoms with Crippen molar-refractivity contribution in [2.24, 2.45) is 4.99 Å². The van der Waals surface area contributed by atoms with Gasteiger partial charge in [-0.05, 0) is 61.5 Å². The van der Waals surface area contributed by atoms with Crippen LogP contribution in [0.5, 0.6) is 0 Å². The van der Waals surface area contributed by atoms with Crippen LogP contribution in [0.3, 0.4) is 0 Å². The summed E-state index contributed by atoms with van der Waals surface area (Å²) >= 11 is 7.04. The Bertz CT molecular complexity index is 895. The van der Waals surface area contributed by atoms with Crippen molar-refractivity contribution in [2.75, 3.05) is 5.32 Å². The molecule has 0 radical (unpaired) electrons. The lowest BCUT2D eigenvalue weighted by Gasteiger charge is -2.19. The number of aliphatic imine (C=N–C) groups is 1. The average molecular weight is 402 g/mol. The van der Waals surface area contributed by atoms with Crippen LogP contribution in [0.25, 0.3) is 10.8 Å². The van der Waals surface area contributed by atoms with Gasteiger partial charge in [0.25, 0.3) is 0 Å². The first-order chi connectivity index (χ1) is 10.2. The molecule has 3 aromatic rings. The van der Waals surface area contributed by atoms with Crippen molar-refractivity contribution >= 4 is 59.8 Å². The normalized spacial score (nSPS) is 13.0. The first-order valence-corrected chi connectivity index (χ1v) is 8.14. The van der Waals surface area contributed by atoms with Gasteiger partial charge in [0, 0.05) is 25.6 Å². The highest BCUT2D eigenvalue weighted by Gasteiger charge is 2.15. The van der Waals surface area contributed by atoms with E-state index in [4.69, 9.17) is 4.99 Å². The van der Waals surface area contributed by atoms with Gasteiger partial charge in [0.05, 0.1) is 5.69 Å². The molecule has 0 saturated carbocycles. The molecule has 0 unspecified atom stereocenters. The Labute approximate surface area is 139 Å². The van der Waals surface area contributed by atoms with Crippen LogP contribution in [0.4, 0.5) is 11.4 Å². The van der Waals surface area contributed by atoms with Gasteiger partial charge in [-0.2, -0.15) is 0 Å². The highest BCUT2D eigenvalue weighted by Crippen LogP contribution is 2.36. The highest BCUT2D eigenvalue weighted by molar-refractivity contribution is 9.13. The minimum atomic E-state index is 0.870. The first kappa shape index (κ1) is 13.0. The van der Waals surface area contributed by atoms with Gasteiger partial charge in [0.1, 0.15) is 5.84 Å². The SMILES string of the molecule is Brc1ccc(C2=Nc3cccc4cccc(c34)N2)cc1Br. The lowest BCUT2D eigenvalue weighted by Crippen LogP contribution is -2.16. The molecule has 1 heterocycles. The van der Waals surface area contributed by atoms with Crippen LogP contribution in [0.1, 0.15) is 5.56 Å². The van der Waals surface area contributed by atoms with E-state index >= 15 is 0 Å². The number of rotatable bonds is 1. The van der Waals surface area contributed by atoms with E-state index in [0.29, 0.717) is 0 Å². The van der Waals surface area contributed by atoms with Crippen LogP contribution in [0.2, 0.25) is 0 Å². The molecular formula is C17H10Br2N2. The number of halogens is 2. The maximum absolute atomic E-state index is 4.77. The second-order valence-corrected chi connectivity index (χ2v) is 6.60. The zero-order chi connectivity index (χ0) is 14.4. The number of nitrogens with zero attached hydrogens (tertiary/aromatic N) is 1. The molecule has 2 nitrogen and oxygen atoms in total. The molecule has 102 valence electrons. The fourth-order valence-electron chi connectivity index (χ4n) is 2.57. The summed E-state index contributed by atoms with van der Waals surface area (Å²) in [6.07, 6.45) is 0. The first-order valence-electron chi connectivity index (χ1n) is 6.55. The largest absolute Gasteiger partial charge is 0.339 e. The molecule has 0 aromatic heterocycles. The molecule has 1 aliphatic heterocycles. The standard InChI is InChI=1S/C17H10Br2N2/c18-12-8-7-11(9-13(12)19)17-20-14-5-1-3-10-4-2-6-15(21-17)16(10)14/h1-9H,(H,20,21). The number of hydrogen-bond donors (Lipinski definition) is 1. The molecular weight excluding hydrogens is 392 g/mol. The second-order valence-electron chi connectivity index (χ2n) is 4.90. The fourth-order valence-corrected chi connectivity index (χ4v) is 3.20. The van der Waals surface area contributed by atoms with Crippen LogP contribution in [0.15, 0.2) is 68.5 Å². The Morgan fingerprint density at radius 3 is 2.48 bits per heavy atom. The molecule has 3 aromatic carbocycles. The quantitative estimate of drug-likeness (QED) is 0.541. The van der Waals surface area contributed by atoms with E-state index in [-0.39, 0.29) is 0 Å². The van der Waals surface area contributed by atoms with Crippen LogP contribution < -0.4 is 5.32 Å². The van der Waals surface area contributed by atoms with Crippen LogP contribution in [-0.4, -0.2) is 5.84 Å². The molecule has 0 aliphatic carbocycles. The predicted molar refractivity (Wildman–Crippen MR) is 95.6 cm³/mol. The van der Waals surface area contributed by atoms with Gasteiger partial charge in [-0.25, -0.2) is 4.99 Å². The van der Waals surface area contributed by atoms with E-state index in [1.807, 2.05) is 12.1 Å². The molecule has 1 aliphatic rings. The third kappa shape index (κ3) is 2.19. The predicted octanol–water partition coefficient (Wildman–Crippen LogP) is 5.87. The molecule has 0 bridgehead atoms. The van der Waals surface area contributed by atoms with E-state index in [0.717, 1.165) is 31.7 Å². The van der Waals surface area contributed by atoms with Gasteiger partial charge in [-0.15, -0.1) is 0 Å². The summed E-state index contributed by atoms with van der Waals surface area (Å²) in [7, 11) is 0. The van der Waals surface area contributed by atoms with Crippen molar-refractivity contribution in [3.8, 4) is 0 Å². The van der Waals surface area contributed by atoms with Crippen LogP contribution >= 0.6 is 31.9 Å². The summed E-state index contributed by atoms with van der Waals surface area (Å²) in [6.45, 7) is 0. The van der Waals surface area contributed by atoms with Gasteiger partial charge >= 0.3 is 0 Å². The number of anilines is 1. The molecule has 0 spiro atoms. The zero-order valence-corrected chi connectivity index (χ0v) is 14.1. The number of benzene rings is 3. The smallest absolute Gasteiger partial charge is 0.138 e. The molecule has 4 heteroatoms. The molecule has 1 N–H and O–H groups in total. The molecule has 0 atom stereocenters. The lowest BCUT2D eigenvalue weighted by atomic mass is 10.0. The van der Waals surface area contributed by atoms with Crippen molar-refractivity contribution in [1.29, 1.82) is 0 Å². The Balaban J connectivity index is 1.91. The topological polar surface area (TPSA) is 24.4 Å². The van der Waals surface area contributed by atoms with Crippen molar-refractivity contribution in [3.63, 3.8) is 0 Å². The minimum Gasteiger partial charge on any atom is -0.339 e. The summed E-state index contributed by atoms with van der Waals surface area (Å²) in [4.78, 5) is 4.77. The van der Waals surface area contributed by atoms with Gasteiger partial charge in [-0.1, -0.05) is 30.3 Å². The molecule has 21 heavy (non-hydrogen) atoms. The highest BCUT2D eigenvalue weighted by atomic mass is 79.9. The Kier molecular flexibility index (Phi) is 3.08.